The maximum absolute atomic E-state index is 4.27. The molecule has 0 fully saturated rings. The summed E-state index contributed by atoms with van der Waals surface area (Å²) in [6.45, 7) is 3.12. The highest BCUT2D eigenvalue weighted by atomic mass is 15.1. The Labute approximate surface area is 126 Å². The first-order valence-corrected chi connectivity index (χ1v) is 7.10. The van der Waals surface area contributed by atoms with Crippen molar-refractivity contribution in [3.05, 3.63) is 48.5 Å². The van der Waals surface area contributed by atoms with Crippen LogP contribution < -0.4 is 9.80 Å². The van der Waals surface area contributed by atoms with Crippen LogP contribution in [0.3, 0.4) is 0 Å². The zero-order chi connectivity index (χ0) is 15.2. The summed E-state index contributed by atoms with van der Waals surface area (Å²) in [5.74, 6) is 0. The summed E-state index contributed by atoms with van der Waals surface area (Å²) >= 11 is 0. The Morgan fingerprint density at radius 3 is 1.52 bits per heavy atom. The zero-order valence-corrected chi connectivity index (χ0v) is 13.1. The highest BCUT2D eigenvalue weighted by Crippen LogP contribution is 2.23. The Morgan fingerprint density at radius 2 is 1.14 bits per heavy atom. The standard InChI is InChI=1S/C17H22N4/c1-5-21(4)17-12-8-15(9-13-17)19-18-14-6-10-16(11-7-14)20(2)3/h6-13H,5H2,1-4H3. The Hall–Kier alpha value is -2.36. The maximum Gasteiger partial charge on any atom is 0.0858 e. The molecular weight excluding hydrogens is 260 g/mol. The lowest BCUT2D eigenvalue weighted by molar-refractivity contribution is 0.968. The fourth-order valence-corrected chi connectivity index (χ4v) is 1.89. The minimum atomic E-state index is 0.857. The first kappa shape index (κ1) is 15.0. The van der Waals surface area contributed by atoms with Crippen LogP contribution in [0.25, 0.3) is 0 Å². The summed E-state index contributed by atoms with van der Waals surface area (Å²) in [6, 6.07) is 16.1. The van der Waals surface area contributed by atoms with Gasteiger partial charge < -0.3 is 9.80 Å². The van der Waals surface area contributed by atoms with Crippen molar-refractivity contribution in [2.75, 3.05) is 37.5 Å². The third kappa shape index (κ3) is 4.05. The van der Waals surface area contributed by atoms with E-state index in [9.17, 15) is 0 Å². The lowest BCUT2D eigenvalue weighted by Gasteiger charge is -2.16. The Morgan fingerprint density at radius 1 is 0.714 bits per heavy atom. The molecule has 4 heteroatoms. The molecule has 110 valence electrons. The van der Waals surface area contributed by atoms with Crippen LogP contribution in [0.2, 0.25) is 0 Å². The Kier molecular flexibility index (Phi) is 4.93. The molecule has 0 radical (unpaired) electrons. The third-order valence-electron chi connectivity index (χ3n) is 3.41. The lowest BCUT2D eigenvalue weighted by Crippen LogP contribution is -2.15. The van der Waals surface area contributed by atoms with Gasteiger partial charge in [-0.2, -0.15) is 10.2 Å². The van der Waals surface area contributed by atoms with Crippen molar-refractivity contribution in [1.82, 2.24) is 0 Å². The molecule has 0 amide bonds. The number of azo groups is 1. The minimum absolute atomic E-state index is 0.857. The quantitative estimate of drug-likeness (QED) is 0.749. The van der Waals surface area contributed by atoms with Gasteiger partial charge in [0.25, 0.3) is 0 Å². The fourth-order valence-electron chi connectivity index (χ4n) is 1.89. The molecule has 0 aliphatic carbocycles. The number of anilines is 2. The van der Waals surface area contributed by atoms with E-state index < -0.39 is 0 Å². The smallest absolute Gasteiger partial charge is 0.0858 e. The van der Waals surface area contributed by atoms with Crippen LogP contribution in [-0.4, -0.2) is 27.7 Å². The van der Waals surface area contributed by atoms with Crippen molar-refractivity contribution < 1.29 is 0 Å². The molecule has 0 aromatic heterocycles. The molecule has 2 aromatic carbocycles. The molecule has 4 nitrogen and oxygen atoms in total. The second-order valence-electron chi connectivity index (χ2n) is 5.14. The molecule has 2 aromatic rings. The van der Waals surface area contributed by atoms with Gasteiger partial charge in [0, 0.05) is 39.1 Å². The maximum atomic E-state index is 4.27. The summed E-state index contributed by atoms with van der Waals surface area (Å²) in [5, 5.41) is 8.53. The molecule has 0 atom stereocenters. The molecule has 0 spiro atoms. The molecule has 0 heterocycles. The number of hydrogen-bond donors (Lipinski definition) is 0. The molecule has 0 saturated carbocycles. The van der Waals surface area contributed by atoms with Crippen LogP contribution in [0, 0.1) is 0 Å². The highest BCUT2D eigenvalue weighted by Gasteiger charge is 1.98. The van der Waals surface area contributed by atoms with Gasteiger partial charge >= 0.3 is 0 Å². The van der Waals surface area contributed by atoms with Crippen LogP contribution in [0.1, 0.15) is 6.92 Å². The van der Waals surface area contributed by atoms with Gasteiger partial charge in [-0.15, -0.1) is 0 Å². The van der Waals surface area contributed by atoms with E-state index in [2.05, 4.69) is 46.1 Å². The summed E-state index contributed by atoms with van der Waals surface area (Å²) in [7, 11) is 6.11. The van der Waals surface area contributed by atoms with E-state index in [-0.39, 0.29) is 0 Å². The van der Waals surface area contributed by atoms with E-state index in [0.29, 0.717) is 0 Å². The largest absolute Gasteiger partial charge is 0.378 e. The fraction of sp³-hybridized carbons (Fsp3) is 0.294. The van der Waals surface area contributed by atoms with E-state index in [4.69, 9.17) is 0 Å². The first-order chi connectivity index (χ1) is 10.1. The van der Waals surface area contributed by atoms with Gasteiger partial charge in [-0.3, -0.25) is 0 Å². The normalized spacial score (nSPS) is 10.9. The van der Waals surface area contributed by atoms with Crippen molar-refractivity contribution in [1.29, 1.82) is 0 Å². The molecule has 0 unspecified atom stereocenters. The zero-order valence-electron chi connectivity index (χ0n) is 13.1. The second kappa shape index (κ2) is 6.88. The SMILES string of the molecule is CCN(C)c1ccc(N=Nc2ccc(N(C)C)cc2)cc1. The topological polar surface area (TPSA) is 31.2 Å². The third-order valence-corrected chi connectivity index (χ3v) is 3.41. The van der Waals surface area contributed by atoms with Gasteiger partial charge in [-0.1, -0.05) is 0 Å². The van der Waals surface area contributed by atoms with Crippen molar-refractivity contribution in [3.8, 4) is 0 Å². The molecule has 0 aliphatic heterocycles. The molecule has 21 heavy (non-hydrogen) atoms. The molecule has 0 saturated heterocycles. The van der Waals surface area contributed by atoms with E-state index in [1.165, 1.54) is 5.69 Å². The van der Waals surface area contributed by atoms with Gasteiger partial charge in [-0.05, 0) is 55.5 Å². The number of nitrogens with zero attached hydrogens (tertiary/aromatic N) is 4. The molecule has 0 N–H and O–H groups in total. The predicted molar refractivity (Wildman–Crippen MR) is 90.3 cm³/mol. The number of rotatable bonds is 5. The summed E-state index contributed by atoms with van der Waals surface area (Å²) in [4.78, 5) is 4.24. The average Bonchev–Trinajstić information content (AvgIpc) is 2.53. The van der Waals surface area contributed by atoms with Crippen molar-refractivity contribution in [2.24, 2.45) is 10.2 Å². The van der Waals surface area contributed by atoms with E-state index in [1.807, 2.05) is 50.5 Å². The molecule has 0 bridgehead atoms. The molecular formula is C17H22N4. The first-order valence-electron chi connectivity index (χ1n) is 7.10. The van der Waals surface area contributed by atoms with Gasteiger partial charge in [0.2, 0.25) is 0 Å². The van der Waals surface area contributed by atoms with Crippen LogP contribution >= 0.6 is 0 Å². The van der Waals surface area contributed by atoms with E-state index in [1.54, 1.807) is 0 Å². The van der Waals surface area contributed by atoms with Gasteiger partial charge in [0.15, 0.2) is 0 Å². The van der Waals surface area contributed by atoms with E-state index in [0.717, 1.165) is 23.6 Å². The van der Waals surface area contributed by atoms with Crippen molar-refractivity contribution in [3.63, 3.8) is 0 Å². The monoisotopic (exact) mass is 282 g/mol. The Bertz CT molecular complexity index is 585. The Balaban J connectivity index is 2.06. The molecule has 2 rings (SSSR count). The van der Waals surface area contributed by atoms with Gasteiger partial charge in [0.05, 0.1) is 11.4 Å². The second-order valence-corrected chi connectivity index (χ2v) is 5.14. The van der Waals surface area contributed by atoms with Gasteiger partial charge in [0.1, 0.15) is 0 Å². The lowest BCUT2D eigenvalue weighted by atomic mass is 10.2. The minimum Gasteiger partial charge on any atom is -0.378 e. The predicted octanol–water partition coefficient (Wildman–Crippen LogP) is 4.62. The summed E-state index contributed by atoms with van der Waals surface area (Å²) in [5.41, 5.74) is 4.06. The van der Waals surface area contributed by atoms with Crippen LogP contribution in [0.4, 0.5) is 22.7 Å². The average molecular weight is 282 g/mol. The summed E-state index contributed by atoms with van der Waals surface area (Å²) < 4.78 is 0. The van der Waals surface area contributed by atoms with Gasteiger partial charge in [-0.25, -0.2) is 0 Å². The van der Waals surface area contributed by atoms with E-state index >= 15 is 0 Å². The van der Waals surface area contributed by atoms with Crippen LogP contribution in [0.5, 0.6) is 0 Å². The number of hydrogen-bond acceptors (Lipinski definition) is 4. The van der Waals surface area contributed by atoms with Crippen LogP contribution in [-0.2, 0) is 0 Å². The summed E-state index contributed by atoms with van der Waals surface area (Å²) in [6.07, 6.45) is 0. The highest BCUT2D eigenvalue weighted by molar-refractivity contribution is 5.53. The van der Waals surface area contributed by atoms with Crippen molar-refractivity contribution >= 4 is 22.7 Å². The van der Waals surface area contributed by atoms with Crippen LogP contribution in [0.15, 0.2) is 58.8 Å². The molecule has 0 aliphatic rings. The number of benzene rings is 2. The van der Waals surface area contributed by atoms with Crippen molar-refractivity contribution in [2.45, 2.75) is 6.92 Å².